The van der Waals surface area contributed by atoms with Crippen LogP contribution in [0.4, 0.5) is 0 Å². The fourth-order valence-corrected chi connectivity index (χ4v) is 4.82. The molecule has 3 heteroatoms. The lowest BCUT2D eigenvalue weighted by Crippen LogP contribution is -2.48. The van der Waals surface area contributed by atoms with E-state index in [1.54, 1.807) is 0 Å². The van der Waals surface area contributed by atoms with Gasteiger partial charge in [-0.25, -0.2) is 0 Å². The molecule has 0 saturated carbocycles. The highest BCUT2D eigenvalue weighted by Gasteiger charge is 2.57. The van der Waals surface area contributed by atoms with Gasteiger partial charge in [0.25, 0.3) is 0 Å². The van der Waals surface area contributed by atoms with Crippen LogP contribution in [-0.2, 0) is 4.79 Å². The minimum Gasteiger partial charge on any atom is -0.320 e. The largest absolute Gasteiger partial charge is 0.320 e. The van der Waals surface area contributed by atoms with Crippen LogP contribution in [0.3, 0.4) is 0 Å². The molecule has 2 rings (SSSR count). The van der Waals surface area contributed by atoms with Crippen LogP contribution in [0.5, 0.6) is 0 Å². The fourth-order valence-electron chi connectivity index (χ4n) is 3.72. The first-order valence-corrected chi connectivity index (χ1v) is 7.48. The summed E-state index contributed by atoms with van der Waals surface area (Å²) in [4.78, 5) is 12.6. The molecule has 1 unspecified atom stereocenters. The number of rotatable bonds is 1. The molecule has 0 radical (unpaired) electrons. The van der Waals surface area contributed by atoms with Gasteiger partial charge in [0, 0.05) is 0 Å². The summed E-state index contributed by atoms with van der Waals surface area (Å²) < 4.78 is 0. The van der Waals surface area contributed by atoms with E-state index >= 15 is 0 Å². The first-order chi connectivity index (χ1) is 7.81. The second-order valence-corrected chi connectivity index (χ2v) is 7.53. The van der Waals surface area contributed by atoms with Gasteiger partial charge in [0.15, 0.2) is 0 Å². The van der Waals surface area contributed by atoms with Crippen molar-refractivity contribution in [3.05, 3.63) is 10.6 Å². The summed E-state index contributed by atoms with van der Waals surface area (Å²) in [6.45, 7) is 10.9. The van der Waals surface area contributed by atoms with Gasteiger partial charge in [0.2, 0.25) is 5.91 Å². The maximum Gasteiger partial charge on any atom is 0.235 e. The Morgan fingerprint density at radius 3 is 2.53 bits per heavy atom. The van der Waals surface area contributed by atoms with Gasteiger partial charge in [-0.2, -0.15) is 0 Å². The Hall–Kier alpha value is -0.440. The van der Waals surface area contributed by atoms with E-state index in [0.717, 1.165) is 17.2 Å². The van der Waals surface area contributed by atoms with E-state index in [1.807, 2.05) is 11.8 Å². The van der Waals surface area contributed by atoms with Crippen molar-refractivity contribution >= 4 is 17.7 Å². The van der Waals surface area contributed by atoms with Crippen LogP contribution in [0.2, 0.25) is 0 Å². The molecule has 2 heterocycles. The van der Waals surface area contributed by atoms with Crippen molar-refractivity contribution in [1.29, 1.82) is 0 Å². The van der Waals surface area contributed by atoms with Crippen LogP contribution in [0, 0.1) is 16.7 Å². The summed E-state index contributed by atoms with van der Waals surface area (Å²) >= 11 is 1.82. The van der Waals surface area contributed by atoms with E-state index in [9.17, 15) is 4.79 Å². The Morgan fingerprint density at radius 2 is 2.00 bits per heavy atom. The predicted octanol–water partition coefficient (Wildman–Crippen LogP) is 3.54. The molecule has 1 atom stereocenters. The van der Waals surface area contributed by atoms with E-state index in [4.69, 9.17) is 0 Å². The Labute approximate surface area is 109 Å². The van der Waals surface area contributed by atoms with Crippen LogP contribution in [0.1, 0.15) is 47.5 Å². The van der Waals surface area contributed by atoms with Crippen molar-refractivity contribution in [2.45, 2.75) is 47.5 Å². The lowest BCUT2D eigenvalue weighted by Gasteiger charge is -2.45. The number of thioether (sulfide) groups is 1. The van der Waals surface area contributed by atoms with E-state index in [1.165, 1.54) is 12.0 Å². The Kier molecular flexibility index (Phi) is 3.09. The summed E-state index contributed by atoms with van der Waals surface area (Å²) in [6.07, 6.45) is 2.28. The first kappa shape index (κ1) is 13.0. The molecule has 0 aromatic rings. The zero-order chi connectivity index (χ0) is 12.8. The van der Waals surface area contributed by atoms with E-state index in [0.29, 0.717) is 5.92 Å². The third-order valence-electron chi connectivity index (χ3n) is 4.20. The molecule has 2 aliphatic rings. The first-order valence-electron chi connectivity index (χ1n) is 6.49. The highest BCUT2D eigenvalue weighted by atomic mass is 32.2. The third-order valence-corrected chi connectivity index (χ3v) is 5.33. The molecule has 2 nitrogen and oxygen atoms in total. The van der Waals surface area contributed by atoms with Crippen molar-refractivity contribution in [1.82, 2.24) is 5.32 Å². The molecule has 0 aliphatic carbocycles. The number of nitrogens with one attached hydrogen (secondary N) is 1. The third kappa shape index (κ3) is 1.66. The topological polar surface area (TPSA) is 29.1 Å². The fraction of sp³-hybridized carbons (Fsp3) is 0.786. The summed E-state index contributed by atoms with van der Waals surface area (Å²) in [7, 11) is 0. The molecule has 0 fully saturated rings. The maximum atomic E-state index is 12.6. The Bertz CT molecular complexity index is 378. The van der Waals surface area contributed by atoms with E-state index < -0.39 is 0 Å². The van der Waals surface area contributed by atoms with Gasteiger partial charge in [0.05, 0.1) is 10.4 Å². The van der Waals surface area contributed by atoms with Crippen LogP contribution < -0.4 is 5.32 Å². The van der Waals surface area contributed by atoms with Gasteiger partial charge in [-0.3, -0.25) is 4.79 Å². The number of carbonyl (C=O) groups is 1. The smallest absolute Gasteiger partial charge is 0.235 e. The number of amides is 1. The molecular weight excluding hydrogens is 230 g/mol. The van der Waals surface area contributed by atoms with Crippen LogP contribution >= 0.6 is 11.8 Å². The molecule has 96 valence electrons. The van der Waals surface area contributed by atoms with Crippen molar-refractivity contribution in [2.75, 3.05) is 5.75 Å². The molecule has 1 N–H and O–H groups in total. The van der Waals surface area contributed by atoms with Gasteiger partial charge in [0.1, 0.15) is 0 Å². The van der Waals surface area contributed by atoms with Crippen LogP contribution in [-0.4, -0.2) is 11.7 Å². The molecule has 0 bridgehead atoms. The number of hydrogen-bond acceptors (Lipinski definition) is 2. The summed E-state index contributed by atoms with van der Waals surface area (Å²) in [6, 6.07) is 0. The predicted molar refractivity (Wildman–Crippen MR) is 73.6 cm³/mol. The van der Waals surface area contributed by atoms with Gasteiger partial charge < -0.3 is 5.32 Å². The van der Waals surface area contributed by atoms with Crippen molar-refractivity contribution in [3.63, 3.8) is 0 Å². The molecule has 0 saturated heterocycles. The highest BCUT2D eigenvalue weighted by molar-refractivity contribution is 8.03. The molecule has 17 heavy (non-hydrogen) atoms. The summed E-state index contributed by atoms with van der Waals surface area (Å²) in [5.41, 5.74) is 1.04. The number of carbonyl (C=O) groups excluding carboxylic acids is 1. The number of hydrogen-bond donors (Lipinski definition) is 1. The van der Waals surface area contributed by atoms with Crippen molar-refractivity contribution in [3.8, 4) is 0 Å². The zero-order valence-corrected chi connectivity index (χ0v) is 12.3. The Morgan fingerprint density at radius 1 is 1.35 bits per heavy atom. The Balaban J connectivity index is 2.58. The van der Waals surface area contributed by atoms with Gasteiger partial charge in [-0.15, -0.1) is 11.8 Å². The molecule has 0 aromatic heterocycles. The van der Waals surface area contributed by atoms with Crippen LogP contribution in [0.25, 0.3) is 0 Å². The average molecular weight is 253 g/mol. The van der Waals surface area contributed by atoms with Crippen LogP contribution in [0.15, 0.2) is 10.6 Å². The molecule has 0 aromatic carbocycles. The maximum absolute atomic E-state index is 12.6. The standard InChI is InChI=1S/C14H23NOS/c1-9(2)14(13(3,4)5)10-7-6-8-17-11(10)15-12(14)16/h9H,6-8H2,1-5H3,(H,15,16). The summed E-state index contributed by atoms with van der Waals surface area (Å²) in [5, 5.41) is 4.30. The highest BCUT2D eigenvalue weighted by Crippen LogP contribution is 2.57. The second-order valence-electron chi connectivity index (χ2n) is 6.43. The molecule has 1 amide bonds. The van der Waals surface area contributed by atoms with Gasteiger partial charge >= 0.3 is 0 Å². The normalized spacial score (nSPS) is 29.6. The molecule has 0 spiro atoms. The monoisotopic (exact) mass is 253 g/mol. The zero-order valence-electron chi connectivity index (χ0n) is 11.5. The lowest BCUT2D eigenvalue weighted by atomic mass is 9.56. The van der Waals surface area contributed by atoms with E-state index in [2.05, 4.69) is 39.9 Å². The quantitative estimate of drug-likeness (QED) is 0.774. The van der Waals surface area contributed by atoms with E-state index in [-0.39, 0.29) is 16.7 Å². The van der Waals surface area contributed by atoms with Crippen molar-refractivity contribution < 1.29 is 4.79 Å². The average Bonchev–Trinajstić information content (AvgIpc) is 2.49. The van der Waals surface area contributed by atoms with Gasteiger partial charge in [-0.05, 0) is 35.5 Å². The molecular formula is C14H23NOS. The SMILES string of the molecule is CC(C)C1(C(C)(C)C)C(=O)NC2=C1CCCS2. The minimum absolute atomic E-state index is 0.0275. The van der Waals surface area contributed by atoms with Crippen molar-refractivity contribution in [2.24, 2.45) is 16.7 Å². The second kappa shape index (κ2) is 4.04. The minimum atomic E-state index is -0.310. The summed E-state index contributed by atoms with van der Waals surface area (Å²) in [5.74, 6) is 1.70. The molecule has 2 aliphatic heterocycles. The lowest BCUT2D eigenvalue weighted by molar-refractivity contribution is -0.135. The van der Waals surface area contributed by atoms with Gasteiger partial charge in [-0.1, -0.05) is 34.6 Å².